The van der Waals surface area contributed by atoms with Gasteiger partial charge in [0.2, 0.25) is 0 Å². The number of hydrogen-bond donors (Lipinski definition) is 2. The van der Waals surface area contributed by atoms with Crippen LogP contribution in [0.2, 0.25) is 5.02 Å². The first-order chi connectivity index (χ1) is 12.7. The first-order valence-electron chi connectivity index (χ1n) is 9.16. The summed E-state index contributed by atoms with van der Waals surface area (Å²) in [6.45, 7) is 5.15. The third-order valence-corrected chi connectivity index (χ3v) is 5.89. The molecule has 0 atom stereocenters. The smallest absolute Gasteiger partial charge is 0.191 e. The highest BCUT2D eigenvalue weighted by Gasteiger charge is 2.19. The van der Waals surface area contributed by atoms with E-state index in [1.807, 2.05) is 36.6 Å². The maximum atomic E-state index is 6.04. The van der Waals surface area contributed by atoms with Gasteiger partial charge in [0, 0.05) is 36.6 Å². The summed E-state index contributed by atoms with van der Waals surface area (Å²) in [6, 6.07) is 12.3. The van der Waals surface area contributed by atoms with Gasteiger partial charge in [-0.1, -0.05) is 29.8 Å². The third-order valence-electron chi connectivity index (χ3n) is 4.80. The molecule has 1 aliphatic heterocycles. The molecule has 1 aromatic carbocycles. The summed E-state index contributed by atoms with van der Waals surface area (Å²) in [4.78, 5) is 8.36. The van der Waals surface area contributed by atoms with Crippen LogP contribution in [0.4, 0.5) is 0 Å². The van der Waals surface area contributed by atoms with Crippen LogP contribution >= 0.6 is 22.9 Å². The van der Waals surface area contributed by atoms with Gasteiger partial charge in [0.15, 0.2) is 5.96 Å². The summed E-state index contributed by atoms with van der Waals surface area (Å²) in [5.74, 6) is 1.56. The summed E-state index contributed by atoms with van der Waals surface area (Å²) < 4.78 is 0. The van der Waals surface area contributed by atoms with Gasteiger partial charge in [-0.15, -0.1) is 11.3 Å². The minimum absolute atomic E-state index is 0.708. The molecular formula is C20H27ClN4S. The minimum Gasteiger partial charge on any atom is -0.356 e. The molecule has 2 heterocycles. The van der Waals surface area contributed by atoms with Crippen LogP contribution in [0.1, 0.15) is 23.3 Å². The molecule has 0 saturated carbocycles. The highest BCUT2D eigenvalue weighted by molar-refractivity contribution is 7.09. The maximum Gasteiger partial charge on any atom is 0.191 e. The van der Waals surface area contributed by atoms with Crippen LogP contribution in [0.15, 0.2) is 46.8 Å². The number of rotatable bonds is 6. The molecule has 0 aliphatic carbocycles. The monoisotopic (exact) mass is 390 g/mol. The number of benzene rings is 1. The topological polar surface area (TPSA) is 39.7 Å². The standard InChI is InChI=1S/C20H27ClN4S/c1-22-20(24-14-17-4-2-5-18(21)12-17)23-13-16-7-9-25(10-8-16)15-19-6-3-11-26-19/h2-6,11-12,16H,7-10,13-15H2,1H3,(H2,22,23,24). The number of halogens is 1. The van der Waals surface area contributed by atoms with Crippen molar-refractivity contribution in [2.75, 3.05) is 26.7 Å². The van der Waals surface area contributed by atoms with Gasteiger partial charge in [-0.3, -0.25) is 9.89 Å². The average molecular weight is 391 g/mol. The lowest BCUT2D eigenvalue weighted by Crippen LogP contribution is -2.42. The van der Waals surface area contributed by atoms with Crippen molar-refractivity contribution in [1.29, 1.82) is 0 Å². The van der Waals surface area contributed by atoms with E-state index in [4.69, 9.17) is 11.6 Å². The normalized spacial score (nSPS) is 16.6. The molecule has 0 radical (unpaired) electrons. The van der Waals surface area contributed by atoms with E-state index in [0.717, 1.165) is 36.2 Å². The zero-order chi connectivity index (χ0) is 18.2. The zero-order valence-electron chi connectivity index (χ0n) is 15.2. The van der Waals surface area contributed by atoms with Crippen molar-refractivity contribution in [1.82, 2.24) is 15.5 Å². The van der Waals surface area contributed by atoms with Crippen molar-refractivity contribution in [2.45, 2.75) is 25.9 Å². The molecule has 140 valence electrons. The van der Waals surface area contributed by atoms with E-state index < -0.39 is 0 Å². The number of guanidine groups is 1. The summed E-state index contributed by atoms with van der Waals surface area (Å²) in [6.07, 6.45) is 2.48. The maximum absolute atomic E-state index is 6.04. The van der Waals surface area contributed by atoms with Crippen LogP contribution in [-0.2, 0) is 13.1 Å². The highest BCUT2D eigenvalue weighted by Crippen LogP contribution is 2.20. The van der Waals surface area contributed by atoms with E-state index in [1.54, 1.807) is 0 Å². The van der Waals surface area contributed by atoms with Crippen molar-refractivity contribution in [2.24, 2.45) is 10.9 Å². The Labute approximate surface area is 165 Å². The molecule has 1 saturated heterocycles. The number of thiophene rings is 1. The van der Waals surface area contributed by atoms with E-state index in [9.17, 15) is 0 Å². The molecule has 0 amide bonds. The van der Waals surface area contributed by atoms with Gasteiger partial charge in [0.1, 0.15) is 0 Å². The van der Waals surface area contributed by atoms with Gasteiger partial charge in [-0.2, -0.15) is 0 Å². The van der Waals surface area contributed by atoms with Gasteiger partial charge in [-0.25, -0.2) is 0 Å². The summed E-state index contributed by atoms with van der Waals surface area (Å²) in [5, 5.41) is 9.76. The first kappa shape index (κ1) is 19.2. The Kier molecular flexibility index (Phi) is 7.35. The molecule has 0 spiro atoms. The molecule has 0 bridgehead atoms. The van der Waals surface area contributed by atoms with Crippen LogP contribution < -0.4 is 10.6 Å². The fourth-order valence-corrected chi connectivity index (χ4v) is 4.23. The van der Waals surface area contributed by atoms with Crippen molar-refractivity contribution < 1.29 is 0 Å². The van der Waals surface area contributed by atoms with Gasteiger partial charge in [-0.05, 0) is 61.0 Å². The Balaban J connectivity index is 1.36. The van der Waals surface area contributed by atoms with E-state index in [-0.39, 0.29) is 0 Å². The predicted molar refractivity (Wildman–Crippen MR) is 112 cm³/mol. The molecule has 3 rings (SSSR count). The van der Waals surface area contributed by atoms with E-state index >= 15 is 0 Å². The Morgan fingerprint density at radius 1 is 1.23 bits per heavy atom. The number of aliphatic imine (C=N–C) groups is 1. The Hall–Kier alpha value is -1.56. The summed E-state index contributed by atoms with van der Waals surface area (Å²) in [7, 11) is 1.82. The molecular weight excluding hydrogens is 364 g/mol. The number of nitrogens with zero attached hydrogens (tertiary/aromatic N) is 2. The third kappa shape index (κ3) is 6.01. The number of hydrogen-bond acceptors (Lipinski definition) is 3. The van der Waals surface area contributed by atoms with E-state index in [2.05, 4.69) is 44.1 Å². The minimum atomic E-state index is 0.708. The number of nitrogens with one attached hydrogen (secondary N) is 2. The Bertz CT molecular complexity index is 694. The Morgan fingerprint density at radius 3 is 2.77 bits per heavy atom. The van der Waals surface area contributed by atoms with Crippen LogP contribution in [0.3, 0.4) is 0 Å². The largest absolute Gasteiger partial charge is 0.356 e. The predicted octanol–water partition coefficient (Wildman–Crippen LogP) is 3.98. The quantitative estimate of drug-likeness (QED) is 0.579. The second kappa shape index (κ2) is 9.95. The molecule has 2 N–H and O–H groups in total. The number of piperidine rings is 1. The van der Waals surface area contributed by atoms with Crippen molar-refractivity contribution in [3.05, 3.63) is 57.2 Å². The molecule has 1 fully saturated rings. The molecule has 1 aromatic heterocycles. The van der Waals surface area contributed by atoms with Crippen LogP contribution in [0.5, 0.6) is 0 Å². The average Bonchev–Trinajstić information content (AvgIpc) is 3.16. The molecule has 26 heavy (non-hydrogen) atoms. The zero-order valence-corrected chi connectivity index (χ0v) is 16.8. The van der Waals surface area contributed by atoms with Gasteiger partial charge in [0.25, 0.3) is 0 Å². The van der Waals surface area contributed by atoms with Crippen LogP contribution in [0.25, 0.3) is 0 Å². The van der Waals surface area contributed by atoms with Crippen LogP contribution in [-0.4, -0.2) is 37.5 Å². The molecule has 0 unspecified atom stereocenters. The summed E-state index contributed by atoms with van der Waals surface area (Å²) >= 11 is 7.89. The number of likely N-dealkylation sites (tertiary alicyclic amines) is 1. The van der Waals surface area contributed by atoms with Crippen molar-refractivity contribution >= 4 is 28.9 Å². The van der Waals surface area contributed by atoms with Gasteiger partial charge >= 0.3 is 0 Å². The molecule has 6 heteroatoms. The lowest BCUT2D eigenvalue weighted by atomic mass is 9.97. The van der Waals surface area contributed by atoms with Crippen molar-refractivity contribution in [3.8, 4) is 0 Å². The molecule has 2 aromatic rings. The second-order valence-corrected chi connectivity index (χ2v) is 8.20. The second-order valence-electron chi connectivity index (χ2n) is 6.74. The van der Waals surface area contributed by atoms with Crippen molar-refractivity contribution in [3.63, 3.8) is 0 Å². The Morgan fingerprint density at radius 2 is 2.08 bits per heavy atom. The lowest BCUT2D eigenvalue weighted by Gasteiger charge is -2.32. The summed E-state index contributed by atoms with van der Waals surface area (Å²) in [5.41, 5.74) is 1.15. The highest BCUT2D eigenvalue weighted by atomic mass is 35.5. The SMILES string of the molecule is CN=C(NCc1cccc(Cl)c1)NCC1CCN(Cc2cccs2)CC1. The molecule has 1 aliphatic rings. The fourth-order valence-electron chi connectivity index (χ4n) is 3.27. The fraction of sp³-hybridized carbons (Fsp3) is 0.450. The van der Waals surface area contributed by atoms with E-state index in [0.29, 0.717) is 5.92 Å². The van der Waals surface area contributed by atoms with Gasteiger partial charge < -0.3 is 10.6 Å². The van der Waals surface area contributed by atoms with Gasteiger partial charge in [0.05, 0.1) is 0 Å². The van der Waals surface area contributed by atoms with Crippen LogP contribution in [0, 0.1) is 5.92 Å². The first-order valence-corrected chi connectivity index (χ1v) is 10.4. The lowest BCUT2D eigenvalue weighted by molar-refractivity contribution is 0.179. The molecule has 4 nitrogen and oxygen atoms in total. The van der Waals surface area contributed by atoms with E-state index in [1.165, 1.54) is 30.8 Å².